The van der Waals surface area contributed by atoms with Gasteiger partial charge < -0.3 is 14.5 Å². The zero-order valence-corrected chi connectivity index (χ0v) is 14.9. The second-order valence-corrected chi connectivity index (χ2v) is 7.66. The van der Waals surface area contributed by atoms with Crippen LogP contribution in [-0.4, -0.2) is 66.5 Å². The van der Waals surface area contributed by atoms with Crippen molar-refractivity contribution < 1.29 is 9.53 Å². The molecule has 2 heterocycles. The number of hydrogen-bond donors (Lipinski definition) is 0. The van der Waals surface area contributed by atoms with Crippen molar-refractivity contribution >= 4 is 39.5 Å². The molecule has 0 spiro atoms. The molecule has 1 aromatic rings. The van der Waals surface area contributed by atoms with Crippen LogP contribution in [0.5, 0.6) is 5.75 Å². The highest BCUT2D eigenvalue weighted by molar-refractivity contribution is 8.39. The molecule has 1 amide bonds. The van der Waals surface area contributed by atoms with Crippen molar-refractivity contribution in [2.75, 3.05) is 56.2 Å². The zero-order chi connectivity index (χ0) is 16.1. The molecule has 3 rings (SSSR count). The normalized spacial score (nSPS) is 18.0. The van der Waals surface area contributed by atoms with Crippen molar-refractivity contribution in [3.05, 3.63) is 24.3 Å². The van der Waals surface area contributed by atoms with E-state index < -0.39 is 0 Å². The van der Waals surface area contributed by atoms with Gasteiger partial charge in [-0.25, -0.2) is 0 Å². The van der Waals surface area contributed by atoms with Crippen molar-refractivity contribution in [3.8, 4) is 5.75 Å². The summed E-state index contributed by atoms with van der Waals surface area (Å²) in [4.78, 5) is 20.9. The van der Waals surface area contributed by atoms with Gasteiger partial charge in [0.25, 0.3) is 0 Å². The monoisotopic (exact) mass is 351 g/mol. The predicted octanol–water partition coefficient (Wildman–Crippen LogP) is 2.18. The Hall–Kier alpha value is -1.34. The summed E-state index contributed by atoms with van der Waals surface area (Å²) in [5, 5.41) is 0. The van der Waals surface area contributed by atoms with E-state index in [1.54, 1.807) is 30.6 Å². The number of amides is 1. The summed E-state index contributed by atoms with van der Waals surface area (Å²) in [5.41, 5.74) is 1.18. The van der Waals surface area contributed by atoms with E-state index in [-0.39, 0.29) is 5.91 Å². The lowest BCUT2D eigenvalue weighted by molar-refractivity contribution is -0.128. The Morgan fingerprint density at radius 1 is 1.26 bits per heavy atom. The first-order chi connectivity index (χ1) is 11.3. The van der Waals surface area contributed by atoms with E-state index >= 15 is 0 Å². The van der Waals surface area contributed by atoms with Crippen LogP contribution in [-0.2, 0) is 4.79 Å². The zero-order valence-electron chi connectivity index (χ0n) is 13.2. The van der Waals surface area contributed by atoms with Gasteiger partial charge in [-0.1, -0.05) is 23.5 Å². The molecule has 2 aliphatic heterocycles. The smallest absolute Gasteiger partial charge is 0.233 e. The second kappa shape index (κ2) is 7.97. The average Bonchev–Trinajstić information content (AvgIpc) is 3.13. The van der Waals surface area contributed by atoms with Crippen molar-refractivity contribution in [3.63, 3.8) is 0 Å². The van der Waals surface area contributed by atoms with Gasteiger partial charge in [0.15, 0.2) is 0 Å². The van der Waals surface area contributed by atoms with E-state index in [1.807, 2.05) is 17.0 Å². The lowest BCUT2D eigenvalue weighted by atomic mass is 10.2. The highest BCUT2D eigenvalue weighted by atomic mass is 32.2. The first-order valence-electron chi connectivity index (χ1n) is 7.73. The van der Waals surface area contributed by atoms with Crippen LogP contribution in [0.3, 0.4) is 0 Å². The summed E-state index contributed by atoms with van der Waals surface area (Å²) in [6.45, 7) is 4.20. The number of rotatable bonds is 4. The molecule has 2 aliphatic rings. The van der Waals surface area contributed by atoms with Crippen LogP contribution in [0.25, 0.3) is 0 Å². The number of carbonyl (C=O) groups is 1. The molecule has 0 saturated carbocycles. The molecule has 1 saturated heterocycles. The van der Waals surface area contributed by atoms with Crippen LogP contribution in [0, 0.1) is 0 Å². The van der Waals surface area contributed by atoms with E-state index in [4.69, 9.17) is 4.74 Å². The maximum Gasteiger partial charge on any atom is 0.233 e. The van der Waals surface area contributed by atoms with Gasteiger partial charge in [0.05, 0.1) is 19.4 Å². The molecule has 23 heavy (non-hydrogen) atoms. The fourth-order valence-corrected chi connectivity index (χ4v) is 4.54. The van der Waals surface area contributed by atoms with Crippen LogP contribution >= 0.6 is 23.5 Å². The number of hydrogen-bond acceptors (Lipinski definition) is 6. The third-order valence-corrected chi connectivity index (χ3v) is 6.18. The molecule has 1 fully saturated rings. The Morgan fingerprint density at radius 3 is 2.61 bits per heavy atom. The Morgan fingerprint density at radius 2 is 2.00 bits per heavy atom. The van der Waals surface area contributed by atoms with Gasteiger partial charge in [-0.2, -0.15) is 0 Å². The summed E-state index contributed by atoms with van der Waals surface area (Å²) < 4.78 is 6.25. The largest absolute Gasteiger partial charge is 0.497 e. The Balaban J connectivity index is 1.46. The van der Waals surface area contributed by atoms with Crippen LogP contribution in [0.2, 0.25) is 0 Å². The van der Waals surface area contributed by atoms with Crippen molar-refractivity contribution in [1.29, 1.82) is 0 Å². The Labute approximate surface area is 145 Å². The molecular weight excluding hydrogens is 330 g/mol. The SMILES string of the molecule is COc1ccc(N2CCN(C(=O)CSC3=NCCS3)CC2)cc1. The first-order valence-corrected chi connectivity index (χ1v) is 9.70. The average molecular weight is 351 g/mol. The van der Waals surface area contributed by atoms with E-state index in [0.29, 0.717) is 5.75 Å². The Bertz CT molecular complexity index is 569. The number of benzene rings is 1. The van der Waals surface area contributed by atoms with E-state index in [0.717, 1.165) is 48.6 Å². The standard InChI is InChI=1S/C16H21N3O2S2/c1-21-14-4-2-13(3-5-14)18-7-9-19(10-8-18)15(20)12-23-16-17-6-11-22-16/h2-5H,6-12H2,1H3. The minimum Gasteiger partial charge on any atom is -0.497 e. The van der Waals surface area contributed by atoms with Gasteiger partial charge in [-0.15, -0.1) is 0 Å². The summed E-state index contributed by atoms with van der Waals surface area (Å²) in [6, 6.07) is 8.09. The summed E-state index contributed by atoms with van der Waals surface area (Å²) in [5.74, 6) is 2.65. The molecular formula is C16H21N3O2S2. The molecule has 0 aliphatic carbocycles. The van der Waals surface area contributed by atoms with Gasteiger partial charge >= 0.3 is 0 Å². The molecule has 0 bridgehead atoms. The number of carbonyl (C=O) groups excluding carboxylic acids is 1. The minimum absolute atomic E-state index is 0.222. The van der Waals surface area contributed by atoms with Crippen LogP contribution in [0.15, 0.2) is 29.3 Å². The fourth-order valence-electron chi connectivity index (χ4n) is 2.62. The second-order valence-electron chi connectivity index (χ2n) is 5.35. The third kappa shape index (κ3) is 4.35. The number of thioether (sulfide) groups is 2. The number of ether oxygens (including phenoxy) is 1. The topological polar surface area (TPSA) is 45.1 Å². The van der Waals surface area contributed by atoms with E-state index in [2.05, 4.69) is 22.0 Å². The van der Waals surface area contributed by atoms with Gasteiger partial charge in [-0.3, -0.25) is 9.79 Å². The highest BCUT2D eigenvalue weighted by Gasteiger charge is 2.22. The summed E-state index contributed by atoms with van der Waals surface area (Å²) in [7, 11) is 1.67. The van der Waals surface area contributed by atoms with Crippen LogP contribution in [0.4, 0.5) is 5.69 Å². The number of anilines is 1. The predicted molar refractivity (Wildman–Crippen MR) is 99.0 cm³/mol. The van der Waals surface area contributed by atoms with E-state index in [1.165, 1.54) is 5.69 Å². The molecule has 0 atom stereocenters. The van der Waals surface area contributed by atoms with Crippen molar-refractivity contribution in [2.45, 2.75) is 0 Å². The molecule has 0 unspecified atom stereocenters. The van der Waals surface area contributed by atoms with Crippen molar-refractivity contribution in [2.24, 2.45) is 4.99 Å². The third-order valence-electron chi connectivity index (χ3n) is 3.95. The molecule has 124 valence electrons. The number of nitrogens with zero attached hydrogens (tertiary/aromatic N) is 3. The molecule has 5 nitrogen and oxygen atoms in total. The highest BCUT2D eigenvalue weighted by Crippen LogP contribution is 2.23. The number of methoxy groups -OCH3 is 1. The van der Waals surface area contributed by atoms with Gasteiger partial charge in [0.1, 0.15) is 10.1 Å². The lowest BCUT2D eigenvalue weighted by Crippen LogP contribution is -2.49. The van der Waals surface area contributed by atoms with Gasteiger partial charge in [0, 0.05) is 37.6 Å². The molecule has 0 radical (unpaired) electrons. The van der Waals surface area contributed by atoms with Crippen molar-refractivity contribution in [1.82, 2.24) is 4.90 Å². The molecule has 0 N–H and O–H groups in total. The number of aliphatic imine (C=N–C) groups is 1. The Kier molecular flexibility index (Phi) is 5.72. The first kappa shape index (κ1) is 16.5. The maximum absolute atomic E-state index is 12.3. The van der Waals surface area contributed by atoms with Gasteiger partial charge in [0.2, 0.25) is 5.91 Å². The molecule has 7 heteroatoms. The minimum atomic E-state index is 0.222. The quantitative estimate of drug-likeness (QED) is 0.832. The maximum atomic E-state index is 12.3. The molecule has 0 aromatic heterocycles. The number of piperazine rings is 1. The molecule has 1 aromatic carbocycles. The fraction of sp³-hybridized carbons (Fsp3) is 0.500. The summed E-state index contributed by atoms with van der Waals surface area (Å²) in [6.07, 6.45) is 0. The van der Waals surface area contributed by atoms with Gasteiger partial charge in [-0.05, 0) is 24.3 Å². The van der Waals surface area contributed by atoms with E-state index in [9.17, 15) is 4.79 Å². The van der Waals surface area contributed by atoms with Crippen LogP contribution in [0.1, 0.15) is 0 Å². The summed E-state index contributed by atoms with van der Waals surface area (Å²) >= 11 is 3.34. The van der Waals surface area contributed by atoms with Crippen LogP contribution < -0.4 is 9.64 Å². The lowest BCUT2D eigenvalue weighted by Gasteiger charge is -2.36.